The first-order valence-corrected chi connectivity index (χ1v) is 3.77. The second kappa shape index (κ2) is 3.42. The highest BCUT2D eigenvalue weighted by Crippen LogP contribution is 2.15. The van der Waals surface area contributed by atoms with Gasteiger partial charge >= 0.3 is 17.8 Å². The number of nitrogens with zero attached hydrogens (tertiary/aromatic N) is 1. The quantitative estimate of drug-likeness (QED) is 0.513. The van der Waals surface area contributed by atoms with Crippen LogP contribution < -0.4 is 0 Å². The lowest BCUT2D eigenvalue weighted by atomic mass is 10.1. The topological polar surface area (TPSA) is 94.9 Å². The number of amides is 1. The van der Waals surface area contributed by atoms with E-state index in [0.717, 1.165) is 4.90 Å². The molecule has 1 aliphatic heterocycles. The van der Waals surface area contributed by atoms with E-state index in [0.29, 0.717) is 6.42 Å². The fourth-order valence-electron chi connectivity index (χ4n) is 1.28. The maximum atomic E-state index is 10.8. The van der Waals surface area contributed by atoms with E-state index in [-0.39, 0.29) is 13.1 Å². The van der Waals surface area contributed by atoms with Crippen molar-refractivity contribution in [3.05, 3.63) is 0 Å². The summed E-state index contributed by atoms with van der Waals surface area (Å²) in [5.74, 6) is -4.17. The molecule has 0 bridgehead atoms. The average molecular weight is 187 g/mol. The number of carbonyl (C=O) groups excluding carboxylic acids is 1. The Labute approximate surface area is 73.8 Å². The van der Waals surface area contributed by atoms with Crippen molar-refractivity contribution in [1.29, 1.82) is 0 Å². The number of carboxylic acids is 2. The van der Waals surface area contributed by atoms with Crippen LogP contribution in [0.4, 0.5) is 0 Å². The van der Waals surface area contributed by atoms with Crippen molar-refractivity contribution < 1.29 is 24.6 Å². The van der Waals surface area contributed by atoms with Crippen LogP contribution in [0.15, 0.2) is 0 Å². The summed E-state index contributed by atoms with van der Waals surface area (Å²) >= 11 is 0. The van der Waals surface area contributed by atoms with Gasteiger partial charge in [0.05, 0.1) is 5.92 Å². The normalized spacial score (nSPS) is 21.5. The summed E-state index contributed by atoms with van der Waals surface area (Å²) in [6, 6.07) is 0. The van der Waals surface area contributed by atoms with Crippen LogP contribution in [0.5, 0.6) is 0 Å². The van der Waals surface area contributed by atoms with Crippen LogP contribution in [-0.2, 0) is 14.4 Å². The van der Waals surface area contributed by atoms with Gasteiger partial charge in [-0.2, -0.15) is 0 Å². The highest BCUT2D eigenvalue weighted by atomic mass is 16.4. The van der Waals surface area contributed by atoms with E-state index in [2.05, 4.69) is 0 Å². The Hall–Kier alpha value is -1.59. The van der Waals surface area contributed by atoms with Gasteiger partial charge in [-0.1, -0.05) is 0 Å². The molecule has 6 nitrogen and oxygen atoms in total. The molecule has 0 aromatic heterocycles. The van der Waals surface area contributed by atoms with Gasteiger partial charge in [0.15, 0.2) is 0 Å². The van der Waals surface area contributed by atoms with Crippen LogP contribution in [0.2, 0.25) is 0 Å². The van der Waals surface area contributed by atoms with Crippen LogP contribution in [-0.4, -0.2) is 46.0 Å². The van der Waals surface area contributed by atoms with Crippen molar-refractivity contribution in [2.75, 3.05) is 13.1 Å². The Bertz CT molecular complexity index is 262. The molecular formula is C7H9NO5. The lowest BCUT2D eigenvalue weighted by Crippen LogP contribution is -2.35. The number of aliphatic carboxylic acids is 2. The van der Waals surface area contributed by atoms with E-state index >= 15 is 0 Å². The molecule has 0 spiro atoms. The molecule has 72 valence electrons. The van der Waals surface area contributed by atoms with Gasteiger partial charge in [0.25, 0.3) is 0 Å². The zero-order valence-electron chi connectivity index (χ0n) is 6.77. The maximum absolute atomic E-state index is 10.8. The summed E-state index contributed by atoms with van der Waals surface area (Å²) in [6.45, 7) is 0.211. The van der Waals surface area contributed by atoms with Crippen LogP contribution >= 0.6 is 0 Å². The molecule has 13 heavy (non-hydrogen) atoms. The Balaban J connectivity index is 2.55. The predicted octanol–water partition coefficient (Wildman–Crippen LogP) is -0.996. The molecule has 0 saturated carbocycles. The minimum Gasteiger partial charge on any atom is -0.481 e. The Morgan fingerprint density at radius 1 is 1.23 bits per heavy atom. The first-order chi connectivity index (χ1) is 6.02. The Kier molecular flexibility index (Phi) is 2.50. The van der Waals surface area contributed by atoms with E-state index in [1.807, 2.05) is 0 Å². The van der Waals surface area contributed by atoms with Crippen LogP contribution in [0.3, 0.4) is 0 Å². The van der Waals surface area contributed by atoms with Gasteiger partial charge < -0.3 is 15.1 Å². The molecule has 2 N–H and O–H groups in total. The smallest absolute Gasteiger partial charge is 0.394 e. The highest BCUT2D eigenvalue weighted by Gasteiger charge is 2.33. The molecule has 0 aromatic rings. The zero-order valence-corrected chi connectivity index (χ0v) is 6.77. The van der Waals surface area contributed by atoms with Gasteiger partial charge in [0.1, 0.15) is 0 Å². The average Bonchev–Trinajstić information content (AvgIpc) is 2.50. The highest BCUT2D eigenvalue weighted by molar-refractivity contribution is 6.31. The SMILES string of the molecule is O=C(O)C(=O)N1CCC(C(=O)O)C1. The number of carbonyl (C=O) groups is 3. The van der Waals surface area contributed by atoms with Gasteiger partial charge in [0.2, 0.25) is 0 Å². The van der Waals surface area contributed by atoms with Crippen molar-refractivity contribution in [3.63, 3.8) is 0 Å². The Morgan fingerprint density at radius 2 is 1.85 bits per heavy atom. The van der Waals surface area contributed by atoms with E-state index in [1.54, 1.807) is 0 Å². The number of carboxylic acid groups (broad SMARTS) is 2. The van der Waals surface area contributed by atoms with E-state index in [1.165, 1.54) is 0 Å². The molecule has 1 saturated heterocycles. The maximum Gasteiger partial charge on any atom is 0.394 e. The summed E-state index contributed by atoms with van der Waals surface area (Å²) in [6.07, 6.45) is 0.328. The molecule has 1 rings (SSSR count). The third-order valence-electron chi connectivity index (χ3n) is 2.01. The van der Waals surface area contributed by atoms with Gasteiger partial charge in [0, 0.05) is 13.1 Å². The van der Waals surface area contributed by atoms with Gasteiger partial charge in [-0.3, -0.25) is 9.59 Å². The largest absolute Gasteiger partial charge is 0.481 e. The lowest BCUT2D eigenvalue weighted by molar-refractivity contribution is -0.155. The molecule has 0 aromatic carbocycles. The molecule has 1 atom stereocenters. The first kappa shape index (κ1) is 9.50. The fraction of sp³-hybridized carbons (Fsp3) is 0.571. The molecular weight excluding hydrogens is 178 g/mol. The monoisotopic (exact) mass is 187 g/mol. The van der Waals surface area contributed by atoms with Gasteiger partial charge in [-0.05, 0) is 6.42 Å². The van der Waals surface area contributed by atoms with E-state index in [9.17, 15) is 14.4 Å². The molecule has 0 aliphatic carbocycles. The summed E-state index contributed by atoms with van der Waals surface area (Å²) in [4.78, 5) is 32.6. The van der Waals surface area contributed by atoms with Gasteiger partial charge in [-0.25, -0.2) is 4.79 Å². The number of hydrogen-bond acceptors (Lipinski definition) is 3. The van der Waals surface area contributed by atoms with Crippen molar-refractivity contribution in [2.24, 2.45) is 5.92 Å². The second-order valence-corrected chi connectivity index (χ2v) is 2.88. The second-order valence-electron chi connectivity index (χ2n) is 2.88. The standard InChI is InChI=1S/C7H9NO5/c9-5(7(12)13)8-2-1-4(3-8)6(10)11/h4H,1-3H2,(H,10,11)(H,12,13). The molecule has 6 heteroatoms. The number of likely N-dealkylation sites (tertiary alicyclic amines) is 1. The lowest BCUT2D eigenvalue weighted by Gasteiger charge is -2.11. The van der Waals surface area contributed by atoms with Crippen LogP contribution in [0, 0.1) is 5.92 Å². The number of rotatable bonds is 1. The van der Waals surface area contributed by atoms with Crippen molar-refractivity contribution >= 4 is 17.8 Å². The fourth-order valence-corrected chi connectivity index (χ4v) is 1.28. The summed E-state index contributed by atoms with van der Waals surface area (Å²) < 4.78 is 0. The molecule has 1 heterocycles. The minimum absolute atomic E-state index is 0.000463. The van der Waals surface area contributed by atoms with Crippen molar-refractivity contribution in [2.45, 2.75) is 6.42 Å². The minimum atomic E-state index is -1.54. The molecule has 1 unspecified atom stereocenters. The van der Waals surface area contributed by atoms with Crippen LogP contribution in [0.25, 0.3) is 0 Å². The van der Waals surface area contributed by atoms with E-state index < -0.39 is 23.8 Å². The summed E-state index contributed by atoms with van der Waals surface area (Å²) in [5, 5.41) is 16.9. The third kappa shape index (κ3) is 1.95. The number of hydrogen-bond donors (Lipinski definition) is 2. The zero-order chi connectivity index (χ0) is 10.0. The molecule has 0 radical (unpaired) electrons. The van der Waals surface area contributed by atoms with E-state index in [4.69, 9.17) is 10.2 Å². The third-order valence-corrected chi connectivity index (χ3v) is 2.01. The van der Waals surface area contributed by atoms with Gasteiger partial charge in [-0.15, -0.1) is 0 Å². The van der Waals surface area contributed by atoms with Crippen molar-refractivity contribution in [1.82, 2.24) is 4.90 Å². The van der Waals surface area contributed by atoms with Crippen molar-refractivity contribution in [3.8, 4) is 0 Å². The molecule has 1 aliphatic rings. The summed E-state index contributed by atoms with van der Waals surface area (Å²) in [7, 11) is 0. The first-order valence-electron chi connectivity index (χ1n) is 3.77. The predicted molar refractivity (Wildman–Crippen MR) is 40.0 cm³/mol. The summed E-state index contributed by atoms with van der Waals surface area (Å²) in [5.41, 5.74) is 0. The van der Waals surface area contributed by atoms with Crippen LogP contribution in [0.1, 0.15) is 6.42 Å². The molecule has 1 fully saturated rings. The molecule has 1 amide bonds. The Morgan fingerprint density at radius 3 is 2.23 bits per heavy atom.